The first-order chi connectivity index (χ1) is 21.2. The molecule has 0 aliphatic carbocycles. The zero-order valence-corrected chi connectivity index (χ0v) is 26.7. The van der Waals surface area contributed by atoms with Crippen molar-refractivity contribution >= 4 is 45.0 Å². The molecule has 5 rings (SSSR count). The van der Waals surface area contributed by atoms with Gasteiger partial charge in [0.2, 0.25) is 0 Å². The summed E-state index contributed by atoms with van der Waals surface area (Å²) in [5.41, 5.74) is 1.48. The van der Waals surface area contributed by atoms with Crippen LogP contribution >= 0.6 is 27.3 Å². The SMILES string of the molecule is CCCC1=C(C(=O)OCC)[C@@H](c2cc(Br)ccc2OC)n2c(s/c(=C/c3ccc(-c4ccc([N+](=O)[O-])cc4OC)o3)c2=O)=N1. The van der Waals surface area contributed by atoms with Gasteiger partial charge in [0, 0.05) is 22.2 Å². The second-order valence-corrected chi connectivity index (χ2v) is 11.6. The molecule has 4 aromatic rings. The maximum atomic E-state index is 14.1. The molecule has 3 heterocycles. The van der Waals surface area contributed by atoms with Crippen molar-refractivity contribution in [2.24, 2.45) is 4.99 Å². The summed E-state index contributed by atoms with van der Waals surface area (Å²) in [7, 11) is 2.95. The monoisotopic (exact) mass is 681 g/mol. The molecule has 13 heteroatoms. The van der Waals surface area contributed by atoms with Crippen LogP contribution in [-0.2, 0) is 9.53 Å². The summed E-state index contributed by atoms with van der Waals surface area (Å²) in [4.78, 5) is 43.4. The van der Waals surface area contributed by atoms with Crippen molar-refractivity contribution in [2.75, 3.05) is 20.8 Å². The Morgan fingerprint density at radius 2 is 1.91 bits per heavy atom. The predicted octanol–water partition coefficient (Wildman–Crippen LogP) is 5.53. The molecule has 2 aromatic carbocycles. The summed E-state index contributed by atoms with van der Waals surface area (Å²) in [6, 6.07) is 12.2. The van der Waals surface area contributed by atoms with Gasteiger partial charge in [0.1, 0.15) is 29.1 Å². The number of ether oxygens (including phenoxy) is 3. The van der Waals surface area contributed by atoms with Crippen molar-refractivity contribution < 1.29 is 28.3 Å². The smallest absolute Gasteiger partial charge is 0.338 e. The largest absolute Gasteiger partial charge is 0.496 e. The predicted molar refractivity (Wildman–Crippen MR) is 168 cm³/mol. The minimum absolute atomic E-state index is 0.111. The van der Waals surface area contributed by atoms with E-state index in [-0.39, 0.29) is 29.2 Å². The molecule has 0 saturated heterocycles. The molecule has 0 bridgehead atoms. The number of rotatable bonds is 10. The summed E-state index contributed by atoms with van der Waals surface area (Å²) < 4.78 is 25.1. The fraction of sp³-hybridized carbons (Fsp3) is 0.258. The van der Waals surface area contributed by atoms with Crippen LogP contribution in [0.3, 0.4) is 0 Å². The topological polar surface area (TPSA) is 135 Å². The number of thiazole rings is 1. The second-order valence-electron chi connectivity index (χ2n) is 9.64. The molecule has 0 fully saturated rings. The number of methoxy groups -OCH3 is 2. The van der Waals surface area contributed by atoms with Crippen LogP contribution in [0.5, 0.6) is 11.5 Å². The number of carbonyl (C=O) groups is 1. The Morgan fingerprint density at radius 1 is 1.14 bits per heavy atom. The lowest BCUT2D eigenvalue weighted by atomic mass is 9.93. The van der Waals surface area contributed by atoms with E-state index >= 15 is 0 Å². The van der Waals surface area contributed by atoms with Crippen LogP contribution in [0.2, 0.25) is 0 Å². The first-order valence-electron chi connectivity index (χ1n) is 13.7. The molecular weight excluding hydrogens is 654 g/mol. The van der Waals surface area contributed by atoms with Gasteiger partial charge in [-0.1, -0.05) is 40.6 Å². The minimum Gasteiger partial charge on any atom is -0.496 e. The van der Waals surface area contributed by atoms with E-state index in [1.54, 1.807) is 37.3 Å². The Morgan fingerprint density at radius 3 is 2.59 bits per heavy atom. The van der Waals surface area contributed by atoms with Crippen molar-refractivity contribution in [3.8, 4) is 22.8 Å². The van der Waals surface area contributed by atoms with Crippen LogP contribution in [0, 0.1) is 10.1 Å². The van der Waals surface area contributed by atoms with Crippen LogP contribution in [0.15, 0.2) is 78.5 Å². The third kappa shape index (κ3) is 5.84. The lowest BCUT2D eigenvalue weighted by Crippen LogP contribution is -2.40. The van der Waals surface area contributed by atoms with Gasteiger partial charge in [-0.3, -0.25) is 19.5 Å². The first-order valence-corrected chi connectivity index (χ1v) is 15.3. The maximum Gasteiger partial charge on any atom is 0.338 e. The Balaban J connectivity index is 1.68. The fourth-order valence-corrected chi connectivity index (χ4v) is 6.41. The number of fused-ring (bicyclic) bond motifs is 1. The number of hydrogen-bond acceptors (Lipinski definition) is 10. The third-order valence-corrected chi connectivity index (χ3v) is 8.42. The van der Waals surface area contributed by atoms with Gasteiger partial charge in [-0.2, -0.15) is 0 Å². The number of esters is 1. The highest BCUT2D eigenvalue weighted by Crippen LogP contribution is 2.38. The van der Waals surface area contributed by atoms with Gasteiger partial charge in [0.15, 0.2) is 4.80 Å². The Labute approximate surface area is 264 Å². The molecule has 228 valence electrons. The Hall–Kier alpha value is -4.49. The van der Waals surface area contributed by atoms with Crippen molar-refractivity contribution in [3.05, 3.63) is 105 Å². The van der Waals surface area contributed by atoms with E-state index in [1.165, 1.54) is 42.3 Å². The Bertz CT molecular complexity index is 1970. The number of halogens is 1. The van der Waals surface area contributed by atoms with Crippen molar-refractivity contribution in [1.82, 2.24) is 4.57 Å². The Kier molecular flexibility index (Phi) is 9.16. The third-order valence-electron chi connectivity index (χ3n) is 6.94. The molecule has 11 nitrogen and oxygen atoms in total. The summed E-state index contributed by atoms with van der Waals surface area (Å²) in [5.74, 6) is 1.01. The number of nitro groups is 1. The number of hydrogen-bond donors (Lipinski definition) is 0. The van der Waals surface area contributed by atoms with E-state index in [1.807, 2.05) is 19.1 Å². The highest BCUT2D eigenvalue weighted by molar-refractivity contribution is 9.10. The van der Waals surface area contributed by atoms with Gasteiger partial charge in [-0.25, -0.2) is 9.79 Å². The molecule has 0 amide bonds. The zero-order chi connectivity index (χ0) is 31.5. The lowest BCUT2D eigenvalue weighted by molar-refractivity contribution is -0.384. The van der Waals surface area contributed by atoms with E-state index < -0.39 is 16.9 Å². The number of non-ortho nitro benzene ring substituents is 1. The van der Waals surface area contributed by atoms with E-state index in [9.17, 15) is 19.7 Å². The van der Waals surface area contributed by atoms with Crippen molar-refractivity contribution in [1.29, 1.82) is 0 Å². The number of aromatic nitrogens is 1. The van der Waals surface area contributed by atoms with E-state index in [2.05, 4.69) is 15.9 Å². The van der Waals surface area contributed by atoms with Crippen LogP contribution in [0.1, 0.15) is 44.1 Å². The van der Waals surface area contributed by atoms with Crippen molar-refractivity contribution in [3.63, 3.8) is 0 Å². The lowest BCUT2D eigenvalue weighted by Gasteiger charge is -2.27. The number of nitrogens with zero attached hydrogens (tertiary/aromatic N) is 3. The van der Waals surface area contributed by atoms with E-state index in [4.69, 9.17) is 23.6 Å². The summed E-state index contributed by atoms with van der Waals surface area (Å²) in [5, 5.41) is 11.2. The summed E-state index contributed by atoms with van der Waals surface area (Å²) in [6.07, 6.45) is 2.83. The highest BCUT2D eigenvalue weighted by Gasteiger charge is 2.36. The molecule has 0 spiro atoms. The van der Waals surface area contributed by atoms with Gasteiger partial charge in [-0.05, 0) is 49.7 Å². The number of allylic oxidation sites excluding steroid dienone is 1. The average Bonchev–Trinajstić information content (AvgIpc) is 3.60. The molecular formula is C31H28BrN3O8S. The number of benzene rings is 2. The number of furan rings is 1. The summed E-state index contributed by atoms with van der Waals surface area (Å²) in [6.45, 7) is 3.88. The zero-order valence-electron chi connectivity index (χ0n) is 24.3. The van der Waals surface area contributed by atoms with Crippen molar-refractivity contribution in [2.45, 2.75) is 32.7 Å². The van der Waals surface area contributed by atoms with Gasteiger partial charge < -0.3 is 18.6 Å². The minimum atomic E-state index is -0.849. The van der Waals surface area contributed by atoms with Crippen LogP contribution in [-0.4, -0.2) is 36.3 Å². The van der Waals surface area contributed by atoms with Crippen LogP contribution in [0.25, 0.3) is 17.4 Å². The molecule has 0 unspecified atom stereocenters. The maximum absolute atomic E-state index is 14.1. The second kappa shape index (κ2) is 13.0. The molecule has 0 saturated carbocycles. The normalized spacial score (nSPS) is 14.7. The number of carbonyl (C=O) groups excluding carboxylic acids is 1. The molecule has 0 radical (unpaired) electrons. The van der Waals surface area contributed by atoms with Crippen LogP contribution in [0.4, 0.5) is 5.69 Å². The fourth-order valence-electron chi connectivity index (χ4n) is 5.04. The van der Waals surface area contributed by atoms with Gasteiger partial charge in [0.25, 0.3) is 11.2 Å². The summed E-state index contributed by atoms with van der Waals surface area (Å²) >= 11 is 4.70. The standard InChI is InChI=1S/C31H28BrN3O8S/c1-5-7-22-27(30(37)42-6-2)28(21-14-17(32)8-12-23(21)40-3)34-29(36)26(44-31(34)33-22)16-19-10-13-24(43-19)20-11-9-18(35(38)39)15-25(20)41-4/h8-16,28H,5-7H2,1-4H3/b26-16+/t28-/m1/s1. The molecule has 44 heavy (non-hydrogen) atoms. The molecule has 2 aromatic heterocycles. The van der Waals surface area contributed by atoms with Crippen LogP contribution < -0.4 is 24.4 Å². The highest BCUT2D eigenvalue weighted by atomic mass is 79.9. The van der Waals surface area contributed by atoms with Gasteiger partial charge in [-0.15, -0.1) is 0 Å². The molecule has 1 aliphatic heterocycles. The molecule has 1 atom stereocenters. The van der Waals surface area contributed by atoms with E-state index in [0.29, 0.717) is 49.8 Å². The molecule has 1 aliphatic rings. The quantitative estimate of drug-likeness (QED) is 0.121. The average molecular weight is 683 g/mol. The number of nitro benzene ring substituents is 1. The molecule has 0 N–H and O–H groups in total. The van der Waals surface area contributed by atoms with Gasteiger partial charge in [0.05, 0.1) is 53.2 Å². The van der Waals surface area contributed by atoms with Gasteiger partial charge >= 0.3 is 5.97 Å². The van der Waals surface area contributed by atoms with E-state index in [0.717, 1.165) is 10.9 Å². The first kappa shape index (κ1) is 31.0.